The van der Waals surface area contributed by atoms with Crippen molar-refractivity contribution in [1.29, 1.82) is 0 Å². The summed E-state index contributed by atoms with van der Waals surface area (Å²) < 4.78 is 14.8. The highest BCUT2D eigenvalue weighted by Gasteiger charge is 2.19. The number of carbonyl (C=O) groups excluding carboxylic acids is 1. The Morgan fingerprint density at radius 1 is 1.33 bits per heavy atom. The third-order valence-electron chi connectivity index (χ3n) is 2.38. The molecule has 0 aliphatic rings. The van der Waals surface area contributed by atoms with E-state index in [2.05, 4.69) is 4.74 Å². The van der Waals surface area contributed by atoms with Crippen molar-refractivity contribution in [2.45, 2.75) is 0 Å². The number of nitro groups is 1. The number of methoxy groups -OCH3 is 2. The van der Waals surface area contributed by atoms with Gasteiger partial charge in [0.2, 0.25) is 5.76 Å². The fourth-order valence-corrected chi connectivity index (χ4v) is 1.56. The number of non-ortho nitro benzene ring substituents is 1. The van der Waals surface area contributed by atoms with Crippen LogP contribution in [0, 0.1) is 10.1 Å². The molecule has 1 aromatic carbocycles. The van der Waals surface area contributed by atoms with Crippen molar-refractivity contribution < 1.29 is 23.6 Å². The molecule has 1 heterocycles. The van der Waals surface area contributed by atoms with Crippen molar-refractivity contribution in [3.63, 3.8) is 0 Å². The summed E-state index contributed by atoms with van der Waals surface area (Å²) in [4.78, 5) is 21.5. The molecule has 2 aromatic rings. The second-order valence-corrected chi connectivity index (χ2v) is 3.43. The van der Waals surface area contributed by atoms with E-state index < -0.39 is 10.9 Å². The summed E-state index contributed by atoms with van der Waals surface area (Å²) in [6.07, 6.45) is 0. The SMILES string of the molecule is COC(=O)c1cc2cc([N+](=O)[O-])cc(OC)c2o1. The molecular weight excluding hydrogens is 242 g/mol. The quantitative estimate of drug-likeness (QED) is 0.471. The highest BCUT2D eigenvalue weighted by Crippen LogP contribution is 2.33. The average molecular weight is 251 g/mol. The van der Waals surface area contributed by atoms with Crippen LogP contribution in [-0.4, -0.2) is 25.1 Å². The van der Waals surface area contributed by atoms with Gasteiger partial charge in [0.1, 0.15) is 0 Å². The molecule has 0 bridgehead atoms. The zero-order valence-electron chi connectivity index (χ0n) is 9.63. The monoisotopic (exact) mass is 251 g/mol. The van der Waals surface area contributed by atoms with Gasteiger partial charge in [-0.15, -0.1) is 0 Å². The first kappa shape index (κ1) is 11.9. The van der Waals surface area contributed by atoms with Gasteiger partial charge in [-0.25, -0.2) is 4.79 Å². The summed E-state index contributed by atoms with van der Waals surface area (Å²) in [5.74, 6) is -0.503. The van der Waals surface area contributed by atoms with Crippen molar-refractivity contribution in [3.05, 3.63) is 34.1 Å². The van der Waals surface area contributed by atoms with Gasteiger partial charge in [-0.2, -0.15) is 0 Å². The Kier molecular flexibility index (Phi) is 2.88. The van der Waals surface area contributed by atoms with E-state index >= 15 is 0 Å². The van der Waals surface area contributed by atoms with E-state index in [1.54, 1.807) is 0 Å². The van der Waals surface area contributed by atoms with Gasteiger partial charge in [-0.3, -0.25) is 10.1 Å². The molecule has 0 saturated carbocycles. The van der Waals surface area contributed by atoms with E-state index in [-0.39, 0.29) is 22.8 Å². The Balaban J connectivity index is 2.67. The normalized spacial score (nSPS) is 10.3. The molecule has 18 heavy (non-hydrogen) atoms. The zero-order valence-corrected chi connectivity index (χ0v) is 9.63. The lowest BCUT2D eigenvalue weighted by Gasteiger charge is -2.00. The lowest BCUT2D eigenvalue weighted by molar-refractivity contribution is -0.384. The van der Waals surface area contributed by atoms with Gasteiger partial charge in [-0.1, -0.05) is 0 Å². The van der Waals surface area contributed by atoms with E-state index in [0.29, 0.717) is 5.39 Å². The Labute approximate surface area is 101 Å². The first-order valence-corrected chi connectivity index (χ1v) is 4.91. The maximum atomic E-state index is 11.3. The van der Waals surface area contributed by atoms with Gasteiger partial charge in [0, 0.05) is 11.5 Å². The molecule has 0 spiro atoms. The minimum atomic E-state index is -0.657. The van der Waals surface area contributed by atoms with Gasteiger partial charge >= 0.3 is 5.97 Å². The molecule has 0 atom stereocenters. The van der Waals surface area contributed by atoms with Crippen LogP contribution in [0.2, 0.25) is 0 Å². The van der Waals surface area contributed by atoms with Gasteiger partial charge in [0.05, 0.1) is 25.2 Å². The molecule has 7 nitrogen and oxygen atoms in total. The molecule has 0 saturated heterocycles. The van der Waals surface area contributed by atoms with Crippen molar-refractivity contribution in [1.82, 2.24) is 0 Å². The van der Waals surface area contributed by atoms with Crippen LogP contribution in [0.15, 0.2) is 22.6 Å². The summed E-state index contributed by atoms with van der Waals surface area (Å²) >= 11 is 0. The molecule has 1 aromatic heterocycles. The lowest BCUT2D eigenvalue weighted by Crippen LogP contribution is -1.97. The molecule has 0 fully saturated rings. The number of esters is 1. The molecule has 0 unspecified atom stereocenters. The van der Waals surface area contributed by atoms with Gasteiger partial charge in [0.15, 0.2) is 11.3 Å². The molecule has 94 valence electrons. The third-order valence-corrected chi connectivity index (χ3v) is 2.38. The number of rotatable bonds is 3. The van der Waals surface area contributed by atoms with E-state index in [4.69, 9.17) is 9.15 Å². The highest BCUT2D eigenvalue weighted by molar-refractivity contribution is 5.95. The lowest BCUT2D eigenvalue weighted by atomic mass is 10.2. The van der Waals surface area contributed by atoms with E-state index in [1.807, 2.05) is 0 Å². The Morgan fingerprint density at radius 3 is 2.61 bits per heavy atom. The molecule has 0 aliphatic heterocycles. The Hall–Kier alpha value is -2.57. The predicted octanol–water partition coefficient (Wildman–Crippen LogP) is 2.14. The maximum absolute atomic E-state index is 11.3. The van der Waals surface area contributed by atoms with Crippen molar-refractivity contribution in [2.24, 2.45) is 0 Å². The number of hydrogen-bond acceptors (Lipinski definition) is 6. The number of benzene rings is 1. The van der Waals surface area contributed by atoms with Crippen molar-refractivity contribution in [2.75, 3.05) is 14.2 Å². The van der Waals surface area contributed by atoms with Crippen LogP contribution in [0.1, 0.15) is 10.6 Å². The minimum absolute atomic E-state index is 0.0358. The number of carbonyl (C=O) groups is 1. The van der Waals surface area contributed by atoms with Crippen LogP contribution in [0.25, 0.3) is 11.0 Å². The number of hydrogen-bond donors (Lipinski definition) is 0. The molecule has 0 amide bonds. The molecule has 0 radical (unpaired) electrons. The smallest absolute Gasteiger partial charge is 0.373 e. The first-order valence-electron chi connectivity index (χ1n) is 4.91. The molecule has 0 aliphatic carbocycles. The van der Waals surface area contributed by atoms with Crippen LogP contribution >= 0.6 is 0 Å². The summed E-state index contributed by atoms with van der Waals surface area (Å²) in [5, 5.41) is 11.1. The molecule has 0 N–H and O–H groups in total. The first-order chi connectivity index (χ1) is 8.56. The molecule has 7 heteroatoms. The Morgan fingerprint density at radius 2 is 2.06 bits per heavy atom. The van der Waals surface area contributed by atoms with Gasteiger partial charge in [-0.05, 0) is 6.07 Å². The maximum Gasteiger partial charge on any atom is 0.373 e. The standard InChI is InChI=1S/C11H9NO6/c1-16-8-5-7(12(14)15)3-6-4-9(11(13)17-2)18-10(6)8/h3-5H,1-2H3. The van der Waals surface area contributed by atoms with E-state index in [1.165, 1.54) is 32.4 Å². The summed E-state index contributed by atoms with van der Waals surface area (Å²) in [6, 6.07) is 3.90. The topological polar surface area (TPSA) is 91.8 Å². The van der Waals surface area contributed by atoms with Crippen LogP contribution in [0.4, 0.5) is 5.69 Å². The van der Waals surface area contributed by atoms with Crippen molar-refractivity contribution in [3.8, 4) is 5.75 Å². The number of nitrogens with zero attached hydrogens (tertiary/aromatic N) is 1. The second kappa shape index (κ2) is 4.36. The van der Waals surface area contributed by atoms with E-state index in [0.717, 1.165) is 0 Å². The Bertz CT molecular complexity index is 630. The highest BCUT2D eigenvalue weighted by atomic mass is 16.6. The van der Waals surface area contributed by atoms with Crippen LogP contribution in [0.3, 0.4) is 0 Å². The zero-order chi connectivity index (χ0) is 13.3. The largest absolute Gasteiger partial charge is 0.493 e. The predicted molar refractivity (Wildman–Crippen MR) is 60.8 cm³/mol. The van der Waals surface area contributed by atoms with Crippen LogP contribution < -0.4 is 4.74 Å². The van der Waals surface area contributed by atoms with Gasteiger partial charge < -0.3 is 13.9 Å². The number of nitro benzene ring substituents is 1. The van der Waals surface area contributed by atoms with Crippen molar-refractivity contribution >= 4 is 22.6 Å². The molecular formula is C11H9NO6. The summed E-state index contributed by atoms with van der Waals surface area (Å²) in [5.41, 5.74) is 0.125. The molecule has 2 rings (SSSR count). The van der Waals surface area contributed by atoms with Crippen LogP contribution in [0.5, 0.6) is 5.75 Å². The number of ether oxygens (including phenoxy) is 2. The summed E-state index contributed by atoms with van der Waals surface area (Å²) in [6.45, 7) is 0. The third kappa shape index (κ3) is 1.86. The fraction of sp³-hybridized carbons (Fsp3) is 0.182. The van der Waals surface area contributed by atoms with Crippen LogP contribution in [-0.2, 0) is 4.74 Å². The number of fused-ring (bicyclic) bond motifs is 1. The fourth-order valence-electron chi connectivity index (χ4n) is 1.56. The second-order valence-electron chi connectivity index (χ2n) is 3.43. The average Bonchev–Trinajstić information content (AvgIpc) is 2.80. The van der Waals surface area contributed by atoms with E-state index in [9.17, 15) is 14.9 Å². The summed E-state index contributed by atoms with van der Waals surface area (Å²) in [7, 11) is 2.58. The minimum Gasteiger partial charge on any atom is -0.493 e. The van der Waals surface area contributed by atoms with Gasteiger partial charge in [0.25, 0.3) is 5.69 Å². The number of furan rings is 1.